The van der Waals surface area contributed by atoms with Crippen LogP contribution in [0.25, 0.3) is 0 Å². The van der Waals surface area contributed by atoms with E-state index in [-0.39, 0.29) is 23.0 Å². The van der Waals surface area contributed by atoms with Crippen LogP contribution >= 0.6 is 0 Å². The zero-order valence-corrected chi connectivity index (χ0v) is 14.2. The molecule has 1 heterocycles. The van der Waals surface area contributed by atoms with Crippen LogP contribution in [0.1, 0.15) is 19.0 Å². The molecule has 0 atom stereocenters. The summed E-state index contributed by atoms with van der Waals surface area (Å²) >= 11 is 0. The lowest BCUT2D eigenvalue weighted by Gasteiger charge is -2.15. The van der Waals surface area contributed by atoms with E-state index in [1.165, 1.54) is 4.90 Å². The summed E-state index contributed by atoms with van der Waals surface area (Å²) in [7, 11) is -1.77. The smallest absolute Gasteiger partial charge is 0.223 e. The van der Waals surface area contributed by atoms with Crippen LogP contribution in [0.15, 0.2) is 47.5 Å². The van der Waals surface area contributed by atoms with Crippen molar-refractivity contribution < 1.29 is 13.2 Å². The summed E-state index contributed by atoms with van der Waals surface area (Å²) < 4.78 is 26.1. The number of benzene rings is 1. The number of nitrogens with zero attached hydrogens (tertiary/aromatic N) is 3. The standard InChI is InChI=1S/C16H21N3O3S/c1-3-19-11-9-14(17-19)13-18(2)16(20)10-12-23(21,22)15-7-5-4-6-8-15/h4-9,11H,3,10,12-13H2,1-2H3. The molecular weight excluding hydrogens is 314 g/mol. The summed E-state index contributed by atoms with van der Waals surface area (Å²) in [5.74, 6) is -0.403. The predicted molar refractivity (Wildman–Crippen MR) is 87.5 cm³/mol. The van der Waals surface area contributed by atoms with Gasteiger partial charge in [0.05, 0.1) is 22.9 Å². The highest BCUT2D eigenvalue weighted by Gasteiger charge is 2.18. The van der Waals surface area contributed by atoms with Crippen molar-refractivity contribution in [3.8, 4) is 0 Å². The van der Waals surface area contributed by atoms with Crippen LogP contribution < -0.4 is 0 Å². The lowest BCUT2D eigenvalue weighted by Crippen LogP contribution is -2.28. The molecule has 0 saturated heterocycles. The fraction of sp³-hybridized carbons (Fsp3) is 0.375. The molecule has 0 fully saturated rings. The molecule has 2 aromatic rings. The minimum absolute atomic E-state index is 0.0395. The molecule has 6 nitrogen and oxygen atoms in total. The Hall–Kier alpha value is -2.15. The number of aromatic nitrogens is 2. The van der Waals surface area contributed by atoms with E-state index in [2.05, 4.69) is 5.10 Å². The Balaban J connectivity index is 1.91. The minimum atomic E-state index is -3.43. The molecule has 0 radical (unpaired) electrons. The first-order valence-corrected chi connectivity index (χ1v) is 9.11. The van der Waals surface area contributed by atoms with E-state index in [4.69, 9.17) is 0 Å². The van der Waals surface area contributed by atoms with Gasteiger partial charge in [-0.05, 0) is 25.1 Å². The number of hydrogen-bond acceptors (Lipinski definition) is 4. The molecule has 0 unspecified atom stereocenters. The molecule has 1 aromatic carbocycles. The number of hydrogen-bond donors (Lipinski definition) is 0. The van der Waals surface area contributed by atoms with Crippen LogP contribution in [0, 0.1) is 0 Å². The van der Waals surface area contributed by atoms with Gasteiger partial charge < -0.3 is 4.90 Å². The topological polar surface area (TPSA) is 72.3 Å². The van der Waals surface area contributed by atoms with Crippen LogP contribution in [0.3, 0.4) is 0 Å². The molecule has 23 heavy (non-hydrogen) atoms. The first kappa shape index (κ1) is 17.2. The summed E-state index contributed by atoms with van der Waals surface area (Å²) in [6, 6.07) is 10.0. The monoisotopic (exact) mass is 335 g/mol. The van der Waals surface area contributed by atoms with Crippen molar-refractivity contribution in [2.75, 3.05) is 12.8 Å². The normalized spacial score (nSPS) is 11.4. The maximum absolute atomic E-state index is 12.2. The Morgan fingerprint density at radius 1 is 1.22 bits per heavy atom. The Labute approximate surface area is 136 Å². The third kappa shape index (κ3) is 4.66. The first-order valence-electron chi connectivity index (χ1n) is 7.46. The van der Waals surface area contributed by atoms with E-state index >= 15 is 0 Å². The van der Waals surface area contributed by atoms with Gasteiger partial charge in [-0.1, -0.05) is 18.2 Å². The molecule has 0 N–H and O–H groups in total. The third-order valence-corrected chi connectivity index (χ3v) is 5.26. The molecule has 0 bridgehead atoms. The average molecular weight is 335 g/mol. The van der Waals surface area contributed by atoms with Gasteiger partial charge >= 0.3 is 0 Å². The van der Waals surface area contributed by atoms with E-state index < -0.39 is 9.84 Å². The van der Waals surface area contributed by atoms with Gasteiger partial charge in [0.1, 0.15) is 0 Å². The van der Waals surface area contributed by atoms with E-state index in [1.807, 2.05) is 19.2 Å². The SMILES string of the molecule is CCn1ccc(CN(C)C(=O)CCS(=O)(=O)c2ccccc2)n1. The number of rotatable bonds is 7. The van der Waals surface area contributed by atoms with Gasteiger partial charge in [0.15, 0.2) is 9.84 Å². The van der Waals surface area contributed by atoms with Crippen LogP contribution in [-0.4, -0.2) is 41.8 Å². The van der Waals surface area contributed by atoms with Crippen LogP contribution in [0.2, 0.25) is 0 Å². The molecule has 0 aliphatic rings. The van der Waals surface area contributed by atoms with E-state index in [1.54, 1.807) is 42.1 Å². The molecule has 124 valence electrons. The second-order valence-electron chi connectivity index (χ2n) is 5.29. The maximum Gasteiger partial charge on any atom is 0.223 e. The molecule has 7 heteroatoms. The van der Waals surface area contributed by atoms with Crippen molar-refractivity contribution in [2.45, 2.75) is 31.3 Å². The zero-order valence-electron chi connectivity index (χ0n) is 13.3. The Bertz CT molecular complexity index is 754. The van der Waals surface area contributed by atoms with Crippen molar-refractivity contribution >= 4 is 15.7 Å². The van der Waals surface area contributed by atoms with Crippen molar-refractivity contribution in [1.82, 2.24) is 14.7 Å². The van der Waals surface area contributed by atoms with Gasteiger partial charge in [-0.25, -0.2) is 8.42 Å². The molecular formula is C16H21N3O3S. The molecule has 0 aliphatic carbocycles. The average Bonchev–Trinajstić information content (AvgIpc) is 3.01. The van der Waals surface area contributed by atoms with Crippen molar-refractivity contribution in [1.29, 1.82) is 0 Å². The van der Waals surface area contributed by atoms with Gasteiger partial charge in [0.2, 0.25) is 5.91 Å². The maximum atomic E-state index is 12.2. The summed E-state index contributed by atoms with van der Waals surface area (Å²) in [5.41, 5.74) is 0.786. The lowest BCUT2D eigenvalue weighted by atomic mass is 10.3. The van der Waals surface area contributed by atoms with Gasteiger partial charge in [-0.15, -0.1) is 0 Å². The fourth-order valence-corrected chi connectivity index (χ4v) is 3.40. The molecule has 1 aromatic heterocycles. The van der Waals surface area contributed by atoms with Gasteiger partial charge in [0.25, 0.3) is 0 Å². The second kappa shape index (κ2) is 7.41. The number of carbonyl (C=O) groups is 1. The molecule has 2 rings (SSSR count). The van der Waals surface area contributed by atoms with Gasteiger partial charge in [-0.3, -0.25) is 9.48 Å². The van der Waals surface area contributed by atoms with Gasteiger partial charge in [-0.2, -0.15) is 5.10 Å². The quantitative estimate of drug-likeness (QED) is 0.772. The zero-order chi connectivity index (χ0) is 16.9. The number of aryl methyl sites for hydroxylation is 1. The molecule has 0 aliphatic heterocycles. The van der Waals surface area contributed by atoms with Crippen molar-refractivity contribution in [3.05, 3.63) is 48.3 Å². The highest BCUT2D eigenvalue weighted by Crippen LogP contribution is 2.12. The summed E-state index contributed by atoms with van der Waals surface area (Å²) in [6.07, 6.45) is 1.82. The van der Waals surface area contributed by atoms with Crippen molar-refractivity contribution in [3.63, 3.8) is 0 Å². The first-order chi connectivity index (χ1) is 10.9. The predicted octanol–water partition coefficient (Wildman–Crippen LogP) is 1.73. The Morgan fingerprint density at radius 2 is 1.91 bits per heavy atom. The van der Waals surface area contributed by atoms with E-state index in [0.29, 0.717) is 6.54 Å². The highest BCUT2D eigenvalue weighted by atomic mass is 32.2. The number of sulfone groups is 1. The van der Waals surface area contributed by atoms with E-state index in [0.717, 1.165) is 12.2 Å². The molecule has 0 saturated carbocycles. The number of carbonyl (C=O) groups excluding carboxylic acids is 1. The largest absolute Gasteiger partial charge is 0.340 e. The lowest BCUT2D eigenvalue weighted by molar-refractivity contribution is -0.130. The fourth-order valence-electron chi connectivity index (χ4n) is 2.15. The summed E-state index contributed by atoms with van der Waals surface area (Å²) in [4.78, 5) is 13.9. The second-order valence-corrected chi connectivity index (χ2v) is 7.40. The van der Waals surface area contributed by atoms with E-state index in [9.17, 15) is 13.2 Å². The Kier molecular flexibility index (Phi) is 5.54. The Morgan fingerprint density at radius 3 is 2.52 bits per heavy atom. The molecule has 1 amide bonds. The summed E-state index contributed by atoms with van der Waals surface area (Å²) in [6.45, 7) is 3.13. The minimum Gasteiger partial charge on any atom is -0.340 e. The van der Waals surface area contributed by atoms with Crippen molar-refractivity contribution in [2.24, 2.45) is 0 Å². The van der Waals surface area contributed by atoms with Gasteiger partial charge in [0, 0.05) is 26.2 Å². The van der Waals surface area contributed by atoms with Crippen LogP contribution in [-0.2, 0) is 27.7 Å². The third-order valence-electron chi connectivity index (χ3n) is 3.53. The summed E-state index contributed by atoms with van der Waals surface area (Å²) in [5, 5.41) is 4.31. The molecule has 0 spiro atoms. The highest BCUT2D eigenvalue weighted by molar-refractivity contribution is 7.91. The van der Waals surface area contributed by atoms with Crippen LogP contribution in [0.5, 0.6) is 0 Å². The van der Waals surface area contributed by atoms with Crippen LogP contribution in [0.4, 0.5) is 0 Å². The number of amides is 1.